The van der Waals surface area contributed by atoms with Crippen molar-refractivity contribution in [1.82, 2.24) is 0 Å². The van der Waals surface area contributed by atoms with E-state index in [-0.39, 0.29) is 0 Å². The van der Waals surface area contributed by atoms with Crippen molar-refractivity contribution in [2.45, 2.75) is 0 Å². The summed E-state index contributed by atoms with van der Waals surface area (Å²) in [7, 11) is 0. The molecule has 12 rings (SSSR count). The molecule has 0 unspecified atom stereocenters. The summed E-state index contributed by atoms with van der Waals surface area (Å²) in [5, 5.41) is 7.20. The molecular weight excluding hydrogens is 775 g/mol. The molecule has 300 valence electrons. The molecule has 0 saturated carbocycles. The predicted molar refractivity (Wildman–Crippen MR) is 271 cm³/mol. The lowest BCUT2D eigenvalue weighted by Crippen LogP contribution is -2.09. The molecule has 0 radical (unpaired) electrons. The van der Waals surface area contributed by atoms with Gasteiger partial charge in [-0.1, -0.05) is 200 Å². The quantitative estimate of drug-likeness (QED) is 0.142. The van der Waals surface area contributed by atoms with Gasteiger partial charge in [0.1, 0.15) is 11.2 Å². The number of hydrogen-bond donors (Lipinski definition) is 0. The Morgan fingerprint density at radius 3 is 1.42 bits per heavy atom. The van der Waals surface area contributed by atoms with Crippen LogP contribution >= 0.6 is 0 Å². The first-order valence-corrected chi connectivity index (χ1v) is 21.9. The second-order valence-electron chi connectivity index (χ2n) is 16.4. The van der Waals surface area contributed by atoms with E-state index in [4.69, 9.17) is 4.42 Å². The van der Waals surface area contributed by atoms with Gasteiger partial charge in [-0.2, -0.15) is 0 Å². The smallest absolute Gasteiger partial charge is 0.143 e. The number of nitrogens with zero attached hydrogens (tertiary/aromatic N) is 1. The van der Waals surface area contributed by atoms with Gasteiger partial charge in [0, 0.05) is 33.4 Å². The number of furan rings is 1. The molecule has 12 aromatic rings. The van der Waals surface area contributed by atoms with Crippen molar-refractivity contribution in [2.24, 2.45) is 0 Å². The van der Waals surface area contributed by atoms with Crippen molar-refractivity contribution in [3.63, 3.8) is 0 Å². The standard InChI is InChI=1S/C62H41NO/c1-3-14-43(15-4-1)53-20-9-11-22-57(53)58-23-12-10-21-54(58)46-30-35-50(36-31-46)63(51-37-38-55-48(40-51)27-26-45-18-7-8-19-52(45)55)49-33-28-42(29-34-49)47-32-39-61-60(41-47)59-25-13-24-56(62(59)64-61)44-16-5-2-6-17-44/h1-41H. The molecule has 2 heteroatoms. The summed E-state index contributed by atoms with van der Waals surface area (Å²) in [6.45, 7) is 0. The van der Waals surface area contributed by atoms with E-state index in [0.717, 1.165) is 61.3 Å². The average molecular weight is 816 g/mol. The molecule has 1 aromatic heterocycles. The third-order valence-corrected chi connectivity index (χ3v) is 12.7. The molecule has 0 amide bonds. The topological polar surface area (TPSA) is 16.4 Å². The zero-order chi connectivity index (χ0) is 42.4. The van der Waals surface area contributed by atoms with Crippen LogP contribution in [-0.2, 0) is 0 Å². The van der Waals surface area contributed by atoms with Gasteiger partial charge in [-0.25, -0.2) is 0 Å². The zero-order valence-electron chi connectivity index (χ0n) is 35.0. The Morgan fingerprint density at radius 2 is 0.734 bits per heavy atom. The lowest BCUT2D eigenvalue weighted by atomic mass is 9.89. The van der Waals surface area contributed by atoms with Gasteiger partial charge in [-0.15, -0.1) is 0 Å². The molecular formula is C62H41NO. The van der Waals surface area contributed by atoms with E-state index in [2.05, 4.69) is 248 Å². The van der Waals surface area contributed by atoms with Crippen LogP contribution in [0.1, 0.15) is 0 Å². The molecule has 0 bridgehead atoms. The fourth-order valence-electron chi connectivity index (χ4n) is 9.56. The second-order valence-corrected chi connectivity index (χ2v) is 16.4. The van der Waals surface area contributed by atoms with Crippen LogP contribution in [0.5, 0.6) is 0 Å². The summed E-state index contributed by atoms with van der Waals surface area (Å²) in [5.41, 5.74) is 16.8. The van der Waals surface area contributed by atoms with Crippen LogP contribution in [0.4, 0.5) is 17.1 Å². The molecule has 0 aliphatic carbocycles. The van der Waals surface area contributed by atoms with Crippen molar-refractivity contribution in [3.8, 4) is 55.6 Å². The Hall–Kier alpha value is -8.46. The summed E-state index contributed by atoms with van der Waals surface area (Å²) < 4.78 is 6.51. The van der Waals surface area contributed by atoms with E-state index >= 15 is 0 Å². The molecule has 0 aliphatic rings. The zero-order valence-corrected chi connectivity index (χ0v) is 35.0. The van der Waals surface area contributed by atoms with Crippen LogP contribution in [0, 0.1) is 0 Å². The van der Waals surface area contributed by atoms with Crippen molar-refractivity contribution >= 4 is 60.5 Å². The minimum atomic E-state index is 0.889. The van der Waals surface area contributed by atoms with Gasteiger partial charge in [0.25, 0.3) is 0 Å². The van der Waals surface area contributed by atoms with Gasteiger partial charge in [-0.05, 0) is 120 Å². The molecule has 0 aliphatic heterocycles. The van der Waals surface area contributed by atoms with Gasteiger partial charge in [0.15, 0.2) is 0 Å². The molecule has 0 fully saturated rings. The molecule has 11 aromatic carbocycles. The fraction of sp³-hybridized carbons (Fsp3) is 0. The summed E-state index contributed by atoms with van der Waals surface area (Å²) in [4.78, 5) is 2.37. The summed E-state index contributed by atoms with van der Waals surface area (Å²) in [5.74, 6) is 0. The molecule has 0 atom stereocenters. The summed E-state index contributed by atoms with van der Waals surface area (Å²) in [6, 6.07) is 89.6. The Balaban J connectivity index is 0.938. The first-order valence-electron chi connectivity index (χ1n) is 21.9. The Bertz CT molecular complexity index is 3640. The van der Waals surface area contributed by atoms with Crippen LogP contribution in [0.25, 0.3) is 99.1 Å². The van der Waals surface area contributed by atoms with E-state index in [0.29, 0.717) is 0 Å². The number of benzene rings is 11. The number of para-hydroxylation sites is 1. The monoisotopic (exact) mass is 815 g/mol. The number of rotatable bonds is 8. The van der Waals surface area contributed by atoms with Crippen molar-refractivity contribution in [1.29, 1.82) is 0 Å². The van der Waals surface area contributed by atoms with E-state index in [1.54, 1.807) is 0 Å². The summed E-state index contributed by atoms with van der Waals surface area (Å²) in [6.07, 6.45) is 0. The Morgan fingerprint density at radius 1 is 0.250 bits per heavy atom. The average Bonchev–Trinajstić information content (AvgIpc) is 3.76. The highest BCUT2D eigenvalue weighted by Gasteiger charge is 2.18. The lowest BCUT2D eigenvalue weighted by molar-refractivity contribution is 0.670. The van der Waals surface area contributed by atoms with Crippen molar-refractivity contribution in [2.75, 3.05) is 4.90 Å². The normalized spacial score (nSPS) is 11.4. The van der Waals surface area contributed by atoms with Crippen molar-refractivity contribution in [3.05, 3.63) is 249 Å². The molecule has 64 heavy (non-hydrogen) atoms. The fourth-order valence-corrected chi connectivity index (χ4v) is 9.56. The third-order valence-electron chi connectivity index (χ3n) is 12.7. The van der Waals surface area contributed by atoms with E-state index < -0.39 is 0 Å². The number of fused-ring (bicyclic) bond motifs is 6. The molecule has 0 N–H and O–H groups in total. The van der Waals surface area contributed by atoms with Crippen LogP contribution < -0.4 is 4.90 Å². The van der Waals surface area contributed by atoms with Crippen LogP contribution in [0.15, 0.2) is 253 Å². The van der Waals surface area contributed by atoms with Gasteiger partial charge < -0.3 is 9.32 Å². The Labute approximate surface area is 372 Å². The second kappa shape index (κ2) is 15.8. The highest BCUT2D eigenvalue weighted by atomic mass is 16.3. The van der Waals surface area contributed by atoms with Crippen molar-refractivity contribution < 1.29 is 4.42 Å². The van der Waals surface area contributed by atoms with Gasteiger partial charge in [-0.3, -0.25) is 0 Å². The molecule has 1 heterocycles. The largest absolute Gasteiger partial charge is 0.455 e. The van der Waals surface area contributed by atoms with Crippen LogP contribution in [-0.4, -0.2) is 0 Å². The van der Waals surface area contributed by atoms with Gasteiger partial charge in [0.05, 0.1) is 0 Å². The molecule has 0 spiro atoms. The number of hydrogen-bond acceptors (Lipinski definition) is 2. The summed E-state index contributed by atoms with van der Waals surface area (Å²) >= 11 is 0. The van der Waals surface area contributed by atoms with Crippen LogP contribution in [0.2, 0.25) is 0 Å². The third kappa shape index (κ3) is 6.61. The SMILES string of the molecule is c1ccc(-c2ccccc2-c2ccccc2-c2ccc(N(c3ccc(-c4ccc5oc6c(-c7ccccc7)cccc6c5c4)cc3)c3ccc4c(ccc5ccccc54)c3)cc2)cc1. The number of anilines is 3. The predicted octanol–water partition coefficient (Wildman–Crippen LogP) is 17.7. The Kier molecular flexibility index (Phi) is 9.20. The lowest BCUT2D eigenvalue weighted by Gasteiger charge is -2.26. The minimum absolute atomic E-state index is 0.889. The van der Waals surface area contributed by atoms with E-state index in [9.17, 15) is 0 Å². The maximum atomic E-state index is 6.51. The van der Waals surface area contributed by atoms with E-state index in [1.807, 2.05) is 6.07 Å². The highest BCUT2D eigenvalue weighted by Crippen LogP contribution is 2.43. The maximum Gasteiger partial charge on any atom is 0.143 e. The highest BCUT2D eigenvalue weighted by molar-refractivity contribution is 6.11. The van der Waals surface area contributed by atoms with Crippen LogP contribution in [0.3, 0.4) is 0 Å². The first-order chi connectivity index (χ1) is 31.7. The maximum absolute atomic E-state index is 6.51. The van der Waals surface area contributed by atoms with Gasteiger partial charge in [0.2, 0.25) is 0 Å². The first kappa shape index (κ1) is 37.3. The molecule has 2 nitrogen and oxygen atoms in total. The minimum Gasteiger partial charge on any atom is -0.455 e. The van der Waals surface area contributed by atoms with Gasteiger partial charge >= 0.3 is 0 Å². The van der Waals surface area contributed by atoms with E-state index in [1.165, 1.54) is 54.9 Å². The molecule has 0 saturated heterocycles.